The van der Waals surface area contributed by atoms with E-state index in [0.717, 1.165) is 40.9 Å². The summed E-state index contributed by atoms with van der Waals surface area (Å²) in [5.74, 6) is 2.08. The number of hydrogen-bond acceptors (Lipinski definition) is 3. The fourth-order valence-corrected chi connectivity index (χ4v) is 4.45. The number of benzene rings is 2. The summed E-state index contributed by atoms with van der Waals surface area (Å²) < 4.78 is 8.98. The molecule has 1 N–H and O–H groups in total. The first-order chi connectivity index (χ1) is 13.1. The highest BCUT2D eigenvalue weighted by molar-refractivity contribution is 9.10. The van der Waals surface area contributed by atoms with Crippen molar-refractivity contribution >= 4 is 27.5 Å². The quantitative estimate of drug-likeness (QED) is 0.726. The third-order valence-corrected chi connectivity index (χ3v) is 5.97. The van der Waals surface area contributed by atoms with Gasteiger partial charge in [0.2, 0.25) is 0 Å². The van der Waals surface area contributed by atoms with Crippen LogP contribution < -0.4 is 9.64 Å². The number of nitrogens with zero attached hydrogens (tertiary/aromatic N) is 2. The molecular weight excluding hydrogens is 404 g/mol. The van der Waals surface area contributed by atoms with E-state index in [0.29, 0.717) is 13.2 Å². The van der Waals surface area contributed by atoms with Crippen LogP contribution in [-0.4, -0.2) is 35.2 Å². The van der Waals surface area contributed by atoms with Crippen LogP contribution in [0.25, 0.3) is 0 Å². The molecule has 0 aliphatic carbocycles. The van der Waals surface area contributed by atoms with Crippen molar-refractivity contribution in [3.05, 3.63) is 58.6 Å². The Labute approximate surface area is 169 Å². The highest BCUT2D eigenvalue weighted by atomic mass is 79.9. The molecule has 2 aromatic carbocycles. The zero-order valence-electron chi connectivity index (χ0n) is 15.7. The Kier molecular flexibility index (Phi) is 5.24. The van der Waals surface area contributed by atoms with Crippen molar-refractivity contribution in [1.82, 2.24) is 0 Å². The van der Waals surface area contributed by atoms with Crippen molar-refractivity contribution < 1.29 is 14.4 Å². The lowest BCUT2D eigenvalue weighted by Crippen LogP contribution is -2.47. The lowest BCUT2D eigenvalue weighted by molar-refractivity contribution is -0.534. The molecule has 1 atom stereocenters. The fourth-order valence-electron chi connectivity index (χ4n) is 4.18. The van der Waals surface area contributed by atoms with Crippen LogP contribution >= 0.6 is 15.9 Å². The minimum absolute atomic E-state index is 0.594. The van der Waals surface area contributed by atoms with Gasteiger partial charge in [-0.15, -0.1) is 0 Å². The van der Waals surface area contributed by atoms with Crippen molar-refractivity contribution in [3.8, 4) is 5.75 Å². The summed E-state index contributed by atoms with van der Waals surface area (Å²) in [4.78, 5) is 2.14. The molecule has 0 spiro atoms. The molecular formula is C22H26BrN2O2+. The summed E-state index contributed by atoms with van der Waals surface area (Å²) in [6.45, 7) is 4.23. The maximum Gasteiger partial charge on any atom is 0.275 e. The van der Waals surface area contributed by atoms with E-state index < -0.39 is 5.72 Å². The third kappa shape index (κ3) is 3.50. The number of aliphatic hydroxyl groups is 1. The van der Waals surface area contributed by atoms with Crippen LogP contribution in [0.2, 0.25) is 0 Å². The normalized spacial score (nSPS) is 22.6. The zero-order valence-corrected chi connectivity index (χ0v) is 17.3. The maximum atomic E-state index is 11.9. The van der Waals surface area contributed by atoms with Crippen LogP contribution in [0.4, 0.5) is 5.69 Å². The van der Waals surface area contributed by atoms with Crippen molar-refractivity contribution in [2.75, 3.05) is 24.6 Å². The smallest absolute Gasteiger partial charge is 0.275 e. The Bertz CT molecular complexity index is 832. The van der Waals surface area contributed by atoms with E-state index in [1.807, 2.05) is 43.3 Å². The standard InChI is InChI=1S/C22H26BrN2O2/c1-2-27-20-13-11-19(12-14-20)25-21-6-4-3-5-15-24(21)16-22(25,26)17-7-9-18(23)10-8-17/h7-14,26H,2-6,15-16H2,1H3/q+1. The third-order valence-electron chi connectivity index (χ3n) is 5.45. The van der Waals surface area contributed by atoms with Crippen molar-refractivity contribution in [2.24, 2.45) is 0 Å². The van der Waals surface area contributed by atoms with Crippen LogP contribution in [-0.2, 0) is 5.72 Å². The molecule has 0 radical (unpaired) electrons. The summed E-state index contributed by atoms with van der Waals surface area (Å²) >= 11 is 3.50. The second kappa shape index (κ2) is 7.64. The van der Waals surface area contributed by atoms with Crippen molar-refractivity contribution in [2.45, 2.75) is 38.3 Å². The van der Waals surface area contributed by atoms with Crippen LogP contribution in [0.1, 0.15) is 38.2 Å². The number of anilines is 1. The van der Waals surface area contributed by atoms with Gasteiger partial charge in [0.05, 0.1) is 13.2 Å². The van der Waals surface area contributed by atoms with E-state index in [2.05, 4.69) is 37.5 Å². The molecule has 2 aliphatic heterocycles. The van der Waals surface area contributed by atoms with Crippen molar-refractivity contribution in [3.63, 3.8) is 0 Å². The van der Waals surface area contributed by atoms with Crippen LogP contribution in [0.15, 0.2) is 53.0 Å². The molecule has 0 aromatic heterocycles. The topological polar surface area (TPSA) is 35.7 Å². The second-order valence-corrected chi connectivity index (χ2v) is 8.15. The van der Waals surface area contributed by atoms with Gasteiger partial charge in [-0.3, -0.25) is 4.58 Å². The first-order valence-corrected chi connectivity index (χ1v) is 10.5. The van der Waals surface area contributed by atoms with Gasteiger partial charge in [-0.25, -0.2) is 0 Å². The SMILES string of the molecule is CCOc1ccc(N2C3=[N+](CCCCC3)CC2(O)c2ccc(Br)cc2)cc1. The first kappa shape index (κ1) is 18.5. The molecule has 27 heavy (non-hydrogen) atoms. The predicted molar refractivity (Wildman–Crippen MR) is 112 cm³/mol. The van der Waals surface area contributed by atoms with Gasteiger partial charge in [-0.05, 0) is 62.6 Å². The Balaban J connectivity index is 1.77. The van der Waals surface area contributed by atoms with Crippen molar-refractivity contribution in [1.29, 1.82) is 0 Å². The monoisotopic (exact) mass is 429 g/mol. The largest absolute Gasteiger partial charge is 0.494 e. The van der Waals surface area contributed by atoms with Crippen LogP contribution in [0, 0.1) is 0 Å². The van der Waals surface area contributed by atoms with Crippen LogP contribution in [0.5, 0.6) is 5.75 Å². The molecule has 0 saturated heterocycles. The molecule has 5 heteroatoms. The lowest BCUT2D eigenvalue weighted by atomic mass is 10.00. The molecule has 0 saturated carbocycles. The number of hydrogen-bond donors (Lipinski definition) is 1. The van der Waals surface area contributed by atoms with Gasteiger partial charge < -0.3 is 9.84 Å². The Morgan fingerprint density at radius 1 is 1.07 bits per heavy atom. The summed E-state index contributed by atoms with van der Waals surface area (Å²) in [6, 6.07) is 16.1. The molecule has 2 aromatic rings. The highest BCUT2D eigenvalue weighted by Gasteiger charge is 2.53. The Morgan fingerprint density at radius 2 is 1.81 bits per heavy atom. The fraction of sp³-hybridized carbons (Fsp3) is 0.409. The number of rotatable bonds is 4. The van der Waals surface area contributed by atoms with E-state index in [9.17, 15) is 5.11 Å². The van der Waals surface area contributed by atoms with E-state index in [1.54, 1.807) is 0 Å². The van der Waals surface area contributed by atoms with Gasteiger partial charge in [-0.2, -0.15) is 4.90 Å². The lowest BCUT2D eigenvalue weighted by Gasteiger charge is -2.29. The van der Waals surface area contributed by atoms with Gasteiger partial charge in [-0.1, -0.05) is 28.1 Å². The molecule has 0 fully saturated rings. The molecule has 4 nitrogen and oxygen atoms in total. The number of halogens is 1. The average Bonchev–Trinajstić information content (AvgIpc) is 2.80. The highest BCUT2D eigenvalue weighted by Crippen LogP contribution is 2.38. The van der Waals surface area contributed by atoms with Gasteiger partial charge in [0, 0.05) is 16.5 Å². The Hall–Kier alpha value is -1.85. The summed E-state index contributed by atoms with van der Waals surface area (Å²) in [5.41, 5.74) is 0.851. The second-order valence-electron chi connectivity index (χ2n) is 7.23. The summed E-state index contributed by atoms with van der Waals surface area (Å²) in [7, 11) is 0. The molecule has 2 heterocycles. The van der Waals surface area contributed by atoms with E-state index in [4.69, 9.17) is 4.74 Å². The molecule has 4 rings (SSSR count). The maximum absolute atomic E-state index is 11.9. The van der Waals surface area contributed by atoms with Gasteiger partial charge in [0.15, 0.2) is 6.54 Å². The summed E-state index contributed by atoms with van der Waals surface area (Å²) in [6.07, 6.45) is 4.58. The zero-order chi connectivity index (χ0) is 18.9. The number of amidine groups is 1. The van der Waals surface area contributed by atoms with Gasteiger partial charge >= 0.3 is 0 Å². The molecule has 0 bridgehead atoms. The van der Waals surface area contributed by atoms with Gasteiger partial charge in [0.1, 0.15) is 11.4 Å². The molecule has 2 aliphatic rings. The minimum atomic E-state index is -1.07. The minimum Gasteiger partial charge on any atom is -0.494 e. The molecule has 1 unspecified atom stereocenters. The predicted octanol–water partition coefficient (Wildman–Crippen LogP) is 4.50. The van der Waals surface area contributed by atoms with E-state index in [1.165, 1.54) is 18.7 Å². The number of ether oxygens (including phenoxy) is 1. The summed E-state index contributed by atoms with van der Waals surface area (Å²) in [5, 5.41) is 11.9. The van der Waals surface area contributed by atoms with Crippen LogP contribution in [0.3, 0.4) is 0 Å². The molecule has 142 valence electrons. The first-order valence-electron chi connectivity index (χ1n) is 9.74. The van der Waals surface area contributed by atoms with Gasteiger partial charge in [0.25, 0.3) is 11.6 Å². The Morgan fingerprint density at radius 3 is 2.52 bits per heavy atom. The molecule has 0 amide bonds. The van der Waals surface area contributed by atoms with E-state index in [-0.39, 0.29) is 0 Å². The average molecular weight is 430 g/mol. The van der Waals surface area contributed by atoms with E-state index >= 15 is 0 Å².